The Kier molecular flexibility index (Phi) is 7.31. The molecule has 0 bridgehead atoms. The monoisotopic (exact) mass is 522 g/mol. The molecule has 0 radical (unpaired) electrons. The molecule has 3 heterocycles. The van der Waals surface area contributed by atoms with Crippen molar-refractivity contribution in [1.82, 2.24) is 30.1 Å². The van der Waals surface area contributed by atoms with Crippen LogP contribution in [0.2, 0.25) is 0 Å². The topological polar surface area (TPSA) is 98.2 Å². The van der Waals surface area contributed by atoms with Crippen molar-refractivity contribution < 1.29 is 9.47 Å². The zero-order valence-corrected chi connectivity index (χ0v) is 21.6. The Morgan fingerprint density at radius 2 is 1.54 bits per heavy atom. The highest BCUT2D eigenvalue weighted by atomic mass is 16.6. The lowest BCUT2D eigenvalue weighted by Gasteiger charge is -2.22. The smallest absolute Gasteiger partial charge is 0.252 e. The average Bonchev–Trinajstić information content (AvgIpc) is 3.42. The number of H-pyrrole nitrogens is 1. The fourth-order valence-corrected chi connectivity index (χ4v) is 4.88. The Hall–Kier alpha value is -4.50. The van der Waals surface area contributed by atoms with Crippen molar-refractivity contribution in [3.05, 3.63) is 112 Å². The van der Waals surface area contributed by atoms with Gasteiger partial charge in [-0.3, -0.25) is 9.69 Å². The number of benzene rings is 3. The number of ether oxygens (including phenoxy) is 2. The lowest BCUT2D eigenvalue weighted by atomic mass is 10.1. The van der Waals surface area contributed by atoms with Crippen LogP contribution in [0.25, 0.3) is 10.9 Å². The molecular formula is C30H30N6O3. The fourth-order valence-electron chi connectivity index (χ4n) is 4.88. The number of hydrogen-bond donors (Lipinski definition) is 1. The van der Waals surface area contributed by atoms with E-state index in [0.29, 0.717) is 49.9 Å². The zero-order chi connectivity index (χ0) is 26.4. The molecule has 0 aliphatic carbocycles. The average molecular weight is 523 g/mol. The minimum Gasteiger partial charge on any atom is -0.486 e. The number of hydrogen-bond acceptors (Lipinski definition) is 7. The predicted octanol–water partition coefficient (Wildman–Crippen LogP) is 3.77. The van der Waals surface area contributed by atoms with Crippen molar-refractivity contribution in [3.8, 4) is 11.5 Å². The van der Waals surface area contributed by atoms with Crippen molar-refractivity contribution in [1.29, 1.82) is 0 Å². The van der Waals surface area contributed by atoms with Gasteiger partial charge in [-0.15, -0.1) is 5.10 Å². The molecule has 1 aliphatic rings. The van der Waals surface area contributed by atoms with Crippen molar-refractivity contribution in [3.63, 3.8) is 0 Å². The highest BCUT2D eigenvalue weighted by Gasteiger charge is 2.17. The van der Waals surface area contributed by atoms with Gasteiger partial charge in [-0.05, 0) is 46.5 Å². The Labute approximate surface area is 226 Å². The van der Waals surface area contributed by atoms with E-state index in [4.69, 9.17) is 9.47 Å². The third-order valence-corrected chi connectivity index (χ3v) is 6.96. The second kappa shape index (κ2) is 11.5. The summed E-state index contributed by atoms with van der Waals surface area (Å²) in [6.07, 6.45) is 1.68. The lowest BCUT2D eigenvalue weighted by molar-refractivity contribution is 0.172. The summed E-state index contributed by atoms with van der Waals surface area (Å²) in [5, 5.41) is 13.4. The van der Waals surface area contributed by atoms with Gasteiger partial charge >= 0.3 is 0 Å². The normalized spacial score (nSPS) is 12.7. The number of pyridine rings is 1. The molecule has 0 amide bonds. The number of rotatable bonds is 10. The minimum absolute atomic E-state index is 0.118. The second-order valence-corrected chi connectivity index (χ2v) is 9.71. The van der Waals surface area contributed by atoms with Gasteiger partial charge in [-0.25, -0.2) is 4.68 Å². The molecule has 0 saturated heterocycles. The summed E-state index contributed by atoms with van der Waals surface area (Å²) in [5.41, 5.74) is 3.76. The Bertz CT molecular complexity index is 1600. The first-order valence-electron chi connectivity index (χ1n) is 13.2. The first-order chi connectivity index (χ1) is 19.2. The number of nitrogens with zero attached hydrogens (tertiary/aromatic N) is 5. The number of aryl methyl sites for hydroxylation is 2. The van der Waals surface area contributed by atoms with Crippen LogP contribution in [0.1, 0.15) is 22.5 Å². The molecule has 0 fully saturated rings. The van der Waals surface area contributed by atoms with Crippen molar-refractivity contribution in [2.45, 2.75) is 32.5 Å². The van der Waals surface area contributed by atoms with Gasteiger partial charge in [-0.1, -0.05) is 60.7 Å². The van der Waals surface area contributed by atoms with Gasteiger partial charge in [0.1, 0.15) is 13.2 Å². The van der Waals surface area contributed by atoms with Crippen LogP contribution in [0.5, 0.6) is 11.5 Å². The van der Waals surface area contributed by atoms with E-state index in [1.165, 1.54) is 11.1 Å². The molecule has 2 aromatic heterocycles. The van der Waals surface area contributed by atoms with Crippen molar-refractivity contribution in [2.75, 3.05) is 19.8 Å². The standard InChI is InChI=1S/C30H30N6O3/c37-30-25(17-24-18-27-28(19-26(24)31-30)39-16-15-38-27)20-35(13-11-22-7-3-1-4-8-22)21-29-32-33-34-36(29)14-12-23-9-5-2-6-10-23/h1-10,17-19H,11-16,20-21H2,(H,31,37). The van der Waals surface area contributed by atoms with E-state index in [-0.39, 0.29) is 5.56 Å². The summed E-state index contributed by atoms with van der Waals surface area (Å²) in [6.45, 7) is 3.42. The van der Waals surface area contributed by atoms with Gasteiger partial charge in [0, 0.05) is 36.7 Å². The maximum Gasteiger partial charge on any atom is 0.252 e. The van der Waals surface area contributed by atoms with Gasteiger partial charge in [0.05, 0.1) is 12.1 Å². The Morgan fingerprint density at radius 1 is 0.846 bits per heavy atom. The molecular weight excluding hydrogens is 492 g/mol. The molecule has 6 rings (SSSR count). The molecule has 198 valence electrons. The summed E-state index contributed by atoms with van der Waals surface area (Å²) in [7, 11) is 0. The Morgan fingerprint density at radius 3 is 2.28 bits per heavy atom. The van der Waals surface area contributed by atoms with Crippen LogP contribution >= 0.6 is 0 Å². The van der Waals surface area contributed by atoms with Gasteiger partial charge in [0.25, 0.3) is 5.56 Å². The van der Waals surface area contributed by atoms with Gasteiger partial charge < -0.3 is 14.5 Å². The number of fused-ring (bicyclic) bond motifs is 2. The molecule has 3 aromatic carbocycles. The SMILES string of the molecule is O=c1[nH]c2cc3c(cc2cc1CN(CCc1ccccc1)Cc1nnnn1CCc1ccccc1)OCCO3. The van der Waals surface area contributed by atoms with Gasteiger partial charge in [0.15, 0.2) is 17.3 Å². The molecule has 0 atom stereocenters. The highest BCUT2D eigenvalue weighted by molar-refractivity contribution is 5.83. The molecule has 5 aromatic rings. The van der Waals surface area contributed by atoms with Crippen LogP contribution in [0.15, 0.2) is 83.7 Å². The number of nitrogens with one attached hydrogen (secondary N) is 1. The van der Waals surface area contributed by atoms with Crippen molar-refractivity contribution in [2.24, 2.45) is 0 Å². The highest BCUT2D eigenvalue weighted by Crippen LogP contribution is 2.33. The maximum absolute atomic E-state index is 13.1. The maximum atomic E-state index is 13.1. The molecule has 9 heteroatoms. The van der Waals surface area contributed by atoms with Crippen LogP contribution in [0.4, 0.5) is 0 Å². The van der Waals surface area contributed by atoms with E-state index in [1.54, 1.807) is 0 Å². The lowest BCUT2D eigenvalue weighted by Crippen LogP contribution is -2.30. The van der Waals surface area contributed by atoms with E-state index >= 15 is 0 Å². The third-order valence-electron chi connectivity index (χ3n) is 6.96. The Balaban J connectivity index is 1.24. The molecule has 1 N–H and O–H groups in total. The molecule has 1 aliphatic heterocycles. The molecule has 0 saturated carbocycles. The second-order valence-electron chi connectivity index (χ2n) is 9.71. The summed E-state index contributed by atoms with van der Waals surface area (Å²) >= 11 is 0. The molecule has 9 nitrogen and oxygen atoms in total. The van der Waals surface area contributed by atoms with E-state index < -0.39 is 0 Å². The first-order valence-corrected chi connectivity index (χ1v) is 13.2. The molecule has 39 heavy (non-hydrogen) atoms. The van der Waals surface area contributed by atoms with E-state index in [0.717, 1.165) is 36.1 Å². The number of aromatic amines is 1. The zero-order valence-electron chi connectivity index (χ0n) is 21.6. The summed E-state index contributed by atoms with van der Waals surface area (Å²) < 4.78 is 13.3. The van der Waals surface area contributed by atoms with E-state index in [1.807, 2.05) is 59.3 Å². The van der Waals surface area contributed by atoms with Crippen LogP contribution < -0.4 is 15.0 Å². The van der Waals surface area contributed by atoms with Crippen LogP contribution in [-0.2, 0) is 32.5 Å². The molecule has 0 unspecified atom stereocenters. The first kappa shape index (κ1) is 24.8. The minimum atomic E-state index is -0.118. The van der Waals surface area contributed by atoms with Crippen LogP contribution in [-0.4, -0.2) is 49.8 Å². The summed E-state index contributed by atoms with van der Waals surface area (Å²) in [6, 6.07) is 26.4. The third kappa shape index (κ3) is 5.99. The van der Waals surface area contributed by atoms with E-state index in [9.17, 15) is 4.79 Å². The van der Waals surface area contributed by atoms with Crippen LogP contribution in [0, 0.1) is 0 Å². The summed E-state index contributed by atoms with van der Waals surface area (Å²) in [4.78, 5) is 18.4. The van der Waals surface area contributed by atoms with E-state index in [2.05, 4.69) is 49.7 Å². The quantitative estimate of drug-likeness (QED) is 0.298. The fraction of sp³-hybridized carbons (Fsp3) is 0.267. The molecule has 0 spiro atoms. The largest absolute Gasteiger partial charge is 0.486 e. The summed E-state index contributed by atoms with van der Waals surface area (Å²) in [5.74, 6) is 2.13. The number of aromatic nitrogens is 5. The van der Waals surface area contributed by atoms with Gasteiger partial charge in [-0.2, -0.15) is 0 Å². The predicted molar refractivity (Wildman–Crippen MR) is 148 cm³/mol. The van der Waals surface area contributed by atoms with Crippen molar-refractivity contribution >= 4 is 10.9 Å². The van der Waals surface area contributed by atoms with Gasteiger partial charge in [0.2, 0.25) is 0 Å². The van der Waals surface area contributed by atoms with Crippen LogP contribution in [0.3, 0.4) is 0 Å². The number of tetrazole rings is 1.